The summed E-state index contributed by atoms with van der Waals surface area (Å²) in [6.45, 7) is 1.87. The highest BCUT2D eigenvalue weighted by molar-refractivity contribution is 5.74. The number of nitrogens with zero attached hydrogens (tertiary/aromatic N) is 3. The minimum atomic E-state index is -0.105. The number of aromatic nitrogens is 2. The molecule has 1 N–H and O–H groups in total. The summed E-state index contributed by atoms with van der Waals surface area (Å²) in [6.07, 6.45) is 3.81. The molecule has 2 aliphatic heterocycles. The van der Waals surface area contributed by atoms with E-state index in [-0.39, 0.29) is 18.9 Å². The third-order valence-electron chi connectivity index (χ3n) is 4.16. The molecule has 0 radical (unpaired) electrons. The fraction of sp³-hybridized carbons (Fsp3) is 0.353. The average molecular weight is 342 g/mol. The molecule has 1 saturated heterocycles. The van der Waals surface area contributed by atoms with Crippen LogP contribution in [0.2, 0.25) is 0 Å². The summed E-state index contributed by atoms with van der Waals surface area (Å²) in [5, 5.41) is 2.93. The van der Waals surface area contributed by atoms with Gasteiger partial charge in [-0.2, -0.15) is 0 Å². The van der Waals surface area contributed by atoms with Crippen molar-refractivity contribution in [2.75, 3.05) is 19.9 Å². The zero-order chi connectivity index (χ0) is 17.1. The lowest BCUT2D eigenvalue weighted by Gasteiger charge is -2.17. The van der Waals surface area contributed by atoms with Crippen LogP contribution in [0.5, 0.6) is 17.4 Å². The van der Waals surface area contributed by atoms with Gasteiger partial charge in [-0.05, 0) is 17.7 Å². The lowest BCUT2D eigenvalue weighted by atomic mass is 10.2. The normalized spacial score (nSPS) is 18.2. The van der Waals surface area contributed by atoms with Crippen molar-refractivity contribution in [1.29, 1.82) is 0 Å². The Labute approximate surface area is 144 Å². The zero-order valence-electron chi connectivity index (χ0n) is 13.6. The van der Waals surface area contributed by atoms with E-state index in [1.54, 1.807) is 17.2 Å². The first kappa shape index (κ1) is 15.5. The maximum Gasteiger partial charge on any atom is 0.317 e. The third-order valence-corrected chi connectivity index (χ3v) is 4.16. The summed E-state index contributed by atoms with van der Waals surface area (Å²) in [6, 6.07) is 7.26. The van der Waals surface area contributed by atoms with Crippen molar-refractivity contribution < 1.29 is 19.0 Å². The molecule has 1 aromatic heterocycles. The van der Waals surface area contributed by atoms with Crippen LogP contribution in [0.15, 0.2) is 36.8 Å². The van der Waals surface area contributed by atoms with Gasteiger partial charge < -0.3 is 24.4 Å². The molecule has 3 heterocycles. The Bertz CT molecular complexity index is 756. The van der Waals surface area contributed by atoms with Crippen molar-refractivity contribution in [1.82, 2.24) is 20.2 Å². The Morgan fingerprint density at radius 2 is 2.24 bits per heavy atom. The van der Waals surface area contributed by atoms with Gasteiger partial charge in [0.15, 0.2) is 11.5 Å². The minimum absolute atomic E-state index is 0.0498. The van der Waals surface area contributed by atoms with Gasteiger partial charge in [-0.3, -0.25) is 0 Å². The number of nitrogens with one attached hydrogen (secondary N) is 1. The average Bonchev–Trinajstić information content (AvgIpc) is 3.29. The monoisotopic (exact) mass is 342 g/mol. The van der Waals surface area contributed by atoms with E-state index in [9.17, 15) is 4.79 Å². The number of urea groups is 1. The van der Waals surface area contributed by atoms with Crippen LogP contribution in [-0.2, 0) is 6.54 Å². The van der Waals surface area contributed by atoms with E-state index in [4.69, 9.17) is 14.2 Å². The molecule has 0 saturated carbocycles. The number of ether oxygens (including phenoxy) is 3. The third kappa shape index (κ3) is 3.57. The standard InChI is InChI=1S/C17H18N4O4/c22-17(19-8-12-1-2-14-15(7-12)24-11-23-14)21-6-4-13(9-21)25-16-3-5-18-10-20-16/h1-3,5,7,10,13H,4,6,8-9,11H2,(H,19,22). The molecule has 0 spiro atoms. The summed E-state index contributed by atoms with van der Waals surface area (Å²) >= 11 is 0. The first-order valence-corrected chi connectivity index (χ1v) is 8.12. The molecule has 1 unspecified atom stereocenters. The quantitative estimate of drug-likeness (QED) is 0.908. The summed E-state index contributed by atoms with van der Waals surface area (Å²) in [5.74, 6) is 1.98. The molecule has 2 aliphatic rings. The topological polar surface area (TPSA) is 85.8 Å². The summed E-state index contributed by atoms with van der Waals surface area (Å²) in [5.41, 5.74) is 0.964. The second-order valence-electron chi connectivity index (χ2n) is 5.87. The molecule has 2 amide bonds. The maximum atomic E-state index is 12.3. The number of carbonyl (C=O) groups is 1. The second kappa shape index (κ2) is 6.84. The van der Waals surface area contributed by atoms with Gasteiger partial charge in [-0.15, -0.1) is 0 Å². The smallest absolute Gasteiger partial charge is 0.317 e. The van der Waals surface area contributed by atoms with E-state index in [2.05, 4.69) is 15.3 Å². The van der Waals surface area contributed by atoms with Gasteiger partial charge >= 0.3 is 6.03 Å². The molecule has 1 aromatic carbocycles. The summed E-state index contributed by atoms with van der Waals surface area (Å²) in [7, 11) is 0. The number of fused-ring (bicyclic) bond motifs is 1. The Morgan fingerprint density at radius 1 is 1.32 bits per heavy atom. The van der Waals surface area contributed by atoms with Gasteiger partial charge in [-0.25, -0.2) is 14.8 Å². The van der Waals surface area contributed by atoms with E-state index in [1.165, 1.54) is 6.33 Å². The predicted molar refractivity (Wildman–Crippen MR) is 87.4 cm³/mol. The van der Waals surface area contributed by atoms with Gasteiger partial charge in [0.05, 0.1) is 6.54 Å². The number of amides is 2. The van der Waals surface area contributed by atoms with Crippen LogP contribution in [0.1, 0.15) is 12.0 Å². The first-order valence-electron chi connectivity index (χ1n) is 8.12. The van der Waals surface area contributed by atoms with E-state index < -0.39 is 0 Å². The summed E-state index contributed by atoms with van der Waals surface area (Å²) in [4.78, 5) is 22.0. The highest BCUT2D eigenvalue weighted by Crippen LogP contribution is 2.32. The van der Waals surface area contributed by atoms with Crippen LogP contribution in [0, 0.1) is 0 Å². The van der Waals surface area contributed by atoms with Crippen molar-refractivity contribution in [3.05, 3.63) is 42.4 Å². The van der Waals surface area contributed by atoms with Crippen molar-refractivity contribution in [3.63, 3.8) is 0 Å². The number of hydrogen-bond acceptors (Lipinski definition) is 6. The first-order chi connectivity index (χ1) is 12.3. The fourth-order valence-electron chi connectivity index (χ4n) is 2.87. The number of benzene rings is 1. The van der Waals surface area contributed by atoms with Crippen LogP contribution in [-0.4, -0.2) is 46.9 Å². The second-order valence-corrected chi connectivity index (χ2v) is 5.87. The molecule has 8 nitrogen and oxygen atoms in total. The van der Waals surface area contributed by atoms with Crippen molar-refractivity contribution in [2.45, 2.75) is 19.1 Å². The highest BCUT2D eigenvalue weighted by atomic mass is 16.7. The van der Waals surface area contributed by atoms with Crippen LogP contribution in [0.25, 0.3) is 0 Å². The van der Waals surface area contributed by atoms with E-state index in [0.717, 1.165) is 17.7 Å². The minimum Gasteiger partial charge on any atom is -0.472 e. The number of likely N-dealkylation sites (tertiary alicyclic amines) is 1. The highest BCUT2D eigenvalue weighted by Gasteiger charge is 2.27. The van der Waals surface area contributed by atoms with Gasteiger partial charge in [0.1, 0.15) is 12.4 Å². The predicted octanol–water partition coefficient (Wildman–Crippen LogP) is 1.57. The van der Waals surface area contributed by atoms with Crippen LogP contribution in [0.3, 0.4) is 0 Å². The number of hydrogen-bond donors (Lipinski definition) is 1. The molecule has 1 fully saturated rings. The molecule has 0 aliphatic carbocycles. The number of carbonyl (C=O) groups excluding carboxylic acids is 1. The number of rotatable bonds is 4. The van der Waals surface area contributed by atoms with Crippen LogP contribution < -0.4 is 19.5 Å². The lowest BCUT2D eigenvalue weighted by Crippen LogP contribution is -2.39. The molecule has 4 rings (SSSR count). The Kier molecular flexibility index (Phi) is 4.24. The molecular formula is C17H18N4O4. The van der Waals surface area contributed by atoms with Gasteiger partial charge in [0.2, 0.25) is 12.7 Å². The van der Waals surface area contributed by atoms with Gasteiger partial charge in [0, 0.05) is 31.8 Å². The summed E-state index contributed by atoms with van der Waals surface area (Å²) < 4.78 is 16.4. The lowest BCUT2D eigenvalue weighted by molar-refractivity contribution is 0.174. The molecular weight excluding hydrogens is 324 g/mol. The SMILES string of the molecule is O=C(NCc1ccc2c(c1)OCO2)N1CCC(Oc2ccncn2)C1. The Morgan fingerprint density at radius 3 is 3.12 bits per heavy atom. The van der Waals surface area contributed by atoms with Crippen LogP contribution in [0.4, 0.5) is 4.79 Å². The van der Waals surface area contributed by atoms with Gasteiger partial charge in [0.25, 0.3) is 0 Å². The van der Waals surface area contributed by atoms with Crippen molar-refractivity contribution in [2.24, 2.45) is 0 Å². The van der Waals surface area contributed by atoms with E-state index in [0.29, 0.717) is 31.3 Å². The zero-order valence-corrected chi connectivity index (χ0v) is 13.6. The Balaban J connectivity index is 1.27. The maximum absolute atomic E-state index is 12.3. The molecule has 8 heteroatoms. The van der Waals surface area contributed by atoms with E-state index in [1.807, 2.05) is 18.2 Å². The van der Waals surface area contributed by atoms with Crippen molar-refractivity contribution in [3.8, 4) is 17.4 Å². The Hall–Kier alpha value is -3.03. The molecule has 25 heavy (non-hydrogen) atoms. The van der Waals surface area contributed by atoms with Gasteiger partial charge in [-0.1, -0.05) is 6.07 Å². The largest absolute Gasteiger partial charge is 0.472 e. The fourth-order valence-corrected chi connectivity index (χ4v) is 2.87. The van der Waals surface area contributed by atoms with Crippen LogP contribution >= 0.6 is 0 Å². The molecule has 130 valence electrons. The molecule has 1 atom stereocenters. The van der Waals surface area contributed by atoms with Crippen molar-refractivity contribution >= 4 is 6.03 Å². The molecule has 2 aromatic rings. The van der Waals surface area contributed by atoms with E-state index >= 15 is 0 Å². The molecule has 0 bridgehead atoms.